The van der Waals surface area contributed by atoms with E-state index in [1.807, 2.05) is 67.6 Å². The molecule has 0 unspecified atom stereocenters. The molecule has 7 nitrogen and oxygen atoms in total. The number of para-hydroxylation sites is 2. The van der Waals surface area contributed by atoms with Crippen LogP contribution < -0.4 is 15.7 Å². The molecule has 2 N–H and O–H groups in total. The third-order valence-electron chi connectivity index (χ3n) is 6.09. The van der Waals surface area contributed by atoms with Gasteiger partial charge in [0.1, 0.15) is 23.2 Å². The highest BCUT2D eigenvalue weighted by atomic mass is 16.5. The van der Waals surface area contributed by atoms with Crippen molar-refractivity contribution in [1.29, 1.82) is 0 Å². The summed E-state index contributed by atoms with van der Waals surface area (Å²) in [6.07, 6.45) is 0.715. The topological polar surface area (TPSA) is 97.2 Å². The molecule has 0 aliphatic heterocycles. The van der Waals surface area contributed by atoms with Gasteiger partial charge in [-0.15, -0.1) is 0 Å². The molecule has 0 radical (unpaired) electrons. The zero-order valence-electron chi connectivity index (χ0n) is 19.5. The maximum absolute atomic E-state index is 13.1. The molecular weight excluding hydrogens is 442 g/mol. The number of hydrogen-bond donors (Lipinski definition) is 2. The Kier molecular flexibility index (Phi) is 6.06. The number of nitrogens with zero attached hydrogens (tertiary/aromatic N) is 1. The van der Waals surface area contributed by atoms with E-state index in [-0.39, 0.29) is 12.3 Å². The number of aromatic amines is 1. The summed E-state index contributed by atoms with van der Waals surface area (Å²) in [6.45, 7) is 1.86. The molecule has 0 fully saturated rings. The molecule has 0 saturated carbocycles. The van der Waals surface area contributed by atoms with E-state index in [1.54, 1.807) is 13.2 Å². The summed E-state index contributed by atoms with van der Waals surface area (Å²) in [4.78, 5) is 32.9. The summed E-state index contributed by atoms with van der Waals surface area (Å²) in [5.41, 5.74) is 4.46. The molecule has 7 heteroatoms. The number of imidazole rings is 1. The maximum atomic E-state index is 13.1. The summed E-state index contributed by atoms with van der Waals surface area (Å²) in [5.74, 6) is 1.15. The minimum absolute atomic E-state index is 0.113. The van der Waals surface area contributed by atoms with Crippen molar-refractivity contribution >= 4 is 27.9 Å². The van der Waals surface area contributed by atoms with Gasteiger partial charge in [-0.25, -0.2) is 9.78 Å². The minimum atomic E-state index is -0.411. The second kappa shape index (κ2) is 9.46. The molecule has 5 aromatic rings. The normalized spacial score (nSPS) is 12.1. The van der Waals surface area contributed by atoms with Gasteiger partial charge in [0.05, 0.1) is 18.1 Å². The number of benzene rings is 3. The van der Waals surface area contributed by atoms with Crippen molar-refractivity contribution in [2.24, 2.45) is 0 Å². The molecule has 2 aromatic heterocycles. The number of ether oxygens (including phenoxy) is 1. The fourth-order valence-electron chi connectivity index (χ4n) is 4.32. The molecule has 0 bridgehead atoms. The Bertz CT molecular complexity index is 1540. The molecule has 3 aromatic carbocycles. The molecule has 1 atom stereocenters. The standard InChI is InChI=1S/C28H25N3O4/c1-17-14-26(33)35-24-16-23(34-2)19(15-20(17)24)12-13-25(32)31-27(18-8-4-3-5-9-18)28-29-21-10-6-7-11-22(21)30-28/h3-11,14-16,27H,12-13H2,1-2H3,(H,29,30)(H,31,32)/t27-/m0/s1. The predicted octanol–water partition coefficient (Wildman–Crippen LogP) is 4.82. The van der Waals surface area contributed by atoms with E-state index in [0.29, 0.717) is 23.6 Å². The number of amides is 1. The van der Waals surface area contributed by atoms with Gasteiger partial charge in [0.25, 0.3) is 0 Å². The van der Waals surface area contributed by atoms with Gasteiger partial charge in [0.15, 0.2) is 0 Å². The molecule has 176 valence electrons. The second-order valence-corrected chi connectivity index (χ2v) is 8.46. The van der Waals surface area contributed by atoms with Crippen LogP contribution in [0.4, 0.5) is 0 Å². The highest BCUT2D eigenvalue weighted by molar-refractivity contribution is 5.83. The van der Waals surface area contributed by atoms with E-state index < -0.39 is 11.7 Å². The number of carbonyl (C=O) groups excluding carboxylic acids is 1. The number of fused-ring (bicyclic) bond motifs is 2. The molecule has 0 spiro atoms. The molecule has 35 heavy (non-hydrogen) atoms. The number of hydrogen-bond acceptors (Lipinski definition) is 5. The fourth-order valence-corrected chi connectivity index (χ4v) is 4.32. The van der Waals surface area contributed by atoms with E-state index in [4.69, 9.17) is 14.1 Å². The number of nitrogens with one attached hydrogen (secondary N) is 2. The zero-order valence-corrected chi connectivity index (χ0v) is 19.5. The third kappa shape index (κ3) is 4.66. The molecular formula is C28H25N3O4. The van der Waals surface area contributed by atoms with E-state index in [2.05, 4.69) is 10.3 Å². The summed E-state index contributed by atoms with van der Waals surface area (Å²) in [6, 6.07) is 22.2. The Morgan fingerprint density at radius 1 is 1.09 bits per heavy atom. The van der Waals surface area contributed by atoms with Crippen LogP contribution in [0.1, 0.15) is 35.0 Å². The van der Waals surface area contributed by atoms with Crippen LogP contribution in [-0.4, -0.2) is 23.0 Å². The van der Waals surface area contributed by atoms with Crippen LogP contribution in [-0.2, 0) is 11.2 Å². The summed E-state index contributed by atoms with van der Waals surface area (Å²) < 4.78 is 10.8. The van der Waals surface area contributed by atoms with Crippen LogP contribution >= 0.6 is 0 Å². The van der Waals surface area contributed by atoms with Gasteiger partial charge in [0, 0.05) is 23.9 Å². The number of H-pyrrole nitrogens is 1. The molecule has 0 aliphatic carbocycles. The lowest BCUT2D eigenvalue weighted by molar-refractivity contribution is -0.121. The molecule has 0 aliphatic rings. The van der Waals surface area contributed by atoms with Crippen molar-refractivity contribution in [3.8, 4) is 5.75 Å². The van der Waals surface area contributed by atoms with Crippen molar-refractivity contribution < 1.29 is 13.9 Å². The SMILES string of the molecule is COc1cc2oc(=O)cc(C)c2cc1CCC(=O)N[C@@H](c1ccccc1)c1nc2ccccc2[nH]1. The molecule has 2 heterocycles. The smallest absolute Gasteiger partial charge is 0.336 e. The lowest BCUT2D eigenvalue weighted by atomic mass is 10.0. The van der Waals surface area contributed by atoms with Crippen LogP contribution in [0.15, 0.2) is 82.0 Å². The Labute approximate surface area is 201 Å². The van der Waals surface area contributed by atoms with E-state index in [0.717, 1.165) is 33.1 Å². The Morgan fingerprint density at radius 3 is 2.63 bits per heavy atom. The summed E-state index contributed by atoms with van der Waals surface area (Å²) in [7, 11) is 1.56. The molecule has 1 amide bonds. The Balaban J connectivity index is 1.39. The van der Waals surface area contributed by atoms with Crippen LogP contribution in [0.5, 0.6) is 5.75 Å². The lowest BCUT2D eigenvalue weighted by Gasteiger charge is -2.18. The van der Waals surface area contributed by atoms with Crippen LogP contribution in [0.2, 0.25) is 0 Å². The minimum Gasteiger partial charge on any atom is -0.496 e. The van der Waals surface area contributed by atoms with Crippen molar-refractivity contribution in [2.75, 3.05) is 7.11 Å². The van der Waals surface area contributed by atoms with Crippen molar-refractivity contribution in [1.82, 2.24) is 15.3 Å². The van der Waals surface area contributed by atoms with Crippen LogP contribution in [0.25, 0.3) is 22.0 Å². The maximum Gasteiger partial charge on any atom is 0.336 e. The van der Waals surface area contributed by atoms with Gasteiger partial charge in [0.2, 0.25) is 5.91 Å². The van der Waals surface area contributed by atoms with Crippen molar-refractivity contribution in [2.45, 2.75) is 25.8 Å². The number of carbonyl (C=O) groups is 1. The highest BCUT2D eigenvalue weighted by Gasteiger charge is 2.21. The predicted molar refractivity (Wildman–Crippen MR) is 135 cm³/mol. The molecule has 5 rings (SSSR count). The Morgan fingerprint density at radius 2 is 1.86 bits per heavy atom. The largest absolute Gasteiger partial charge is 0.496 e. The van der Waals surface area contributed by atoms with Gasteiger partial charge in [-0.05, 0) is 48.2 Å². The van der Waals surface area contributed by atoms with E-state index in [9.17, 15) is 9.59 Å². The van der Waals surface area contributed by atoms with Gasteiger partial charge >= 0.3 is 5.63 Å². The first-order valence-corrected chi connectivity index (χ1v) is 11.4. The summed E-state index contributed by atoms with van der Waals surface area (Å²) >= 11 is 0. The highest BCUT2D eigenvalue weighted by Crippen LogP contribution is 2.28. The van der Waals surface area contributed by atoms with Crippen molar-refractivity contribution in [3.63, 3.8) is 0 Å². The van der Waals surface area contributed by atoms with E-state index >= 15 is 0 Å². The van der Waals surface area contributed by atoms with Gasteiger partial charge in [-0.1, -0.05) is 42.5 Å². The van der Waals surface area contributed by atoms with Gasteiger partial charge in [-0.3, -0.25) is 4.79 Å². The average molecular weight is 468 g/mol. The van der Waals surface area contributed by atoms with Gasteiger partial charge in [-0.2, -0.15) is 0 Å². The number of aromatic nitrogens is 2. The lowest BCUT2D eigenvalue weighted by Crippen LogP contribution is -2.30. The first-order chi connectivity index (χ1) is 17.0. The quantitative estimate of drug-likeness (QED) is 0.334. The zero-order chi connectivity index (χ0) is 24.4. The number of rotatable bonds is 7. The first kappa shape index (κ1) is 22.4. The van der Waals surface area contributed by atoms with Crippen LogP contribution in [0, 0.1) is 6.92 Å². The Hall–Kier alpha value is -4.39. The van der Waals surface area contributed by atoms with Crippen LogP contribution in [0.3, 0.4) is 0 Å². The molecule has 0 saturated heterocycles. The van der Waals surface area contributed by atoms with Crippen molar-refractivity contribution in [3.05, 3.63) is 106 Å². The second-order valence-electron chi connectivity index (χ2n) is 8.46. The average Bonchev–Trinajstić information content (AvgIpc) is 3.30. The fraction of sp³-hybridized carbons (Fsp3) is 0.179. The number of methoxy groups -OCH3 is 1. The monoisotopic (exact) mass is 467 g/mol. The van der Waals surface area contributed by atoms with Gasteiger partial charge < -0.3 is 19.5 Å². The van der Waals surface area contributed by atoms with E-state index in [1.165, 1.54) is 6.07 Å². The third-order valence-corrected chi connectivity index (χ3v) is 6.09. The first-order valence-electron chi connectivity index (χ1n) is 11.4. The summed E-state index contributed by atoms with van der Waals surface area (Å²) in [5, 5.41) is 3.97. The number of aryl methyl sites for hydroxylation is 2.